The monoisotopic (exact) mass is 632 g/mol. The third-order valence-electron chi connectivity index (χ3n) is 7.45. The van der Waals surface area contributed by atoms with Crippen LogP contribution >= 0.6 is 17.1 Å². The van der Waals surface area contributed by atoms with Gasteiger partial charge in [0.05, 0.1) is 0 Å². The molecule has 0 bridgehead atoms. The molecule has 2 nitrogen and oxygen atoms in total. The molecule has 0 saturated carbocycles. The quantitative estimate of drug-likeness (QED) is 0.0578. The van der Waals surface area contributed by atoms with E-state index in [-0.39, 0.29) is 19.5 Å². The van der Waals surface area contributed by atoms with Gasteiger partial charge in [0.2, 0.25) is 0 Å². The first-order valence-corrected chi connectivity index (χ1v) is 19.9. The molecule has 1 aromatic rings. The summed E-state index contributed by atoms with van der Waals surface area (Å²) in [6, 6.07) is 6.39. The molecule has 0 unspecified atom stereocenters. The van der Waals surface area contributed by atoms with Crippen molar-refractivity contribution in [3.8, 4) is 0 Å². The number of benzene rings is 1. The van der Waals surface area contributed by atoms with Gasteiger partial charge in [-0.05, 0) is 42.9 Å². The minimum absolute atomic E-state index is 0. The molecular formula is C32H57O2PS2Zn. The average Bonchev–Trinajstić information content (AvgIpc) is 2.86. The molecule has 0 aliphatic heterocycles. The number of unbranched alkanes of at least 4 members (excludes halogenated alkanes) is 20. The Hall–Kier alpha value is 0.763. The van der Waals surface area contributed by atoms with Crippen molar-refractivity contribution < 1.29 is 29.3 Å². The summed E-state index contributed by atoms with van der Waals surface area (Å²) in [7, 11) is 0. The smallest absolute Gasteiger partial charge is 0.824 e. The number of hydrogen-bond donors (Lipinski definition) is 0. The molecule has 0 fully saturated rings. The molecule has 0 aromatic heterocycles. The van der Waals surface area contributed by atoms with E-state index in [4.69, 9.17) is 11.8 Å². The van der Waals surface area contributed by atoms with Crippen molar-refractivity contribution in [3.63, 3.8) is 0 Å². The van der Waals surface area contributed by atoms with E-state index in [9.17, 15) is 9.79 Å². The van der Waals surface area contributed by atoms with Crippen LogP contribution in [0.4, 0.5) is 0 Å². The molecule has 0 amide bonds. The molecule has 0 heterocycles. The molecule has 0 aliphatic rings. The van der Waals surface area contributed by atoms with Crippen LogP contribution in [0.2, 0.25) is 0 Å². The molecule has 0 radical (unpaired) electrons. The molecule has 0 atom stereocenters. The van der Waals surface area contributed by atoms with Gasteiger partial charge in [0.25, 0.3) is 0 Å². The normalized spacial score (nSPS) is 11.6. The summed E-state index contributed by atoms with van der Waals surface area (Å²) in [6.45, 7) is 4.55. The van der Waals surface area contributed by atoms with Gasteiger partial charge in [-0.3, -0.25) is 0 Å². The third kappa shape index (κ3) is 23.5. The summed E-state index contributed by atoms with van der Waals surface area (Å²) in [5.41, 5.74) is -1.26. The summed E-state index contributed by atoms with van der Waals surface area (Å²) in [5.74, 6) is 0. The zero-order chi connectivity index (χ0) is 27.0. The summed E-state index contributed by atoms with van der Waals surface area (Å²) < 4.78 is 0. The maximum atomic E-state index is 11.8. The van der Waals surface area contributed by atoms with E-state index in [2.05, 4.69) is 26.0 Å². The Morgan fingerprint density at radius 2 is 0.947 bits per heavy atom. The second-order valence-electron chi connectivity index (χ2n) is 11.1. The van der Waals surface area contributed by atoms with Crippen LogP contribution in [0.3, 0.4) is 0 Å². The standard InChI is InChI=1S/C32H59O2PS2.Zn/c1-3-5-7-9-11-13-15-17-19-21-23-25-30-27-28-32(37-35(33,34)36)31(29-30)26-24-22-20-18-16-14-12-10-8-6-4-2;/h27-29H,3-26H2,1-2H3,(H2,33,34,36);/q;+2/p-2. The molecular weight excluding hydrogens is 577 g/mol. The number of hydrogen-bond acceptors (Lipinski definition) is 4. The predicted octanol–water partition coefficient (Wildman–Crippen LogP) is 10.4. The van der Waals surface area contributed by atoms with E-state index in [1.165, 1.54) is 146 Å². The van der Waals surface area contributed by atoms with Crippen LogP contribution < -0.4 is 9.79 Å². The first-order chi connectivity index (χ1) is 18.0. The minimum Gasteiger partial charge on any atom is -0.824 e. The topological polar surface area (TPSA) is 46.1 Å². The van der Waals surface area contributed by atoms with E-state index in [0.717, 1.165) is 35.5 Å². The van der Waals surface area contributed by atoms with E-state index < -0.39 is 5.69 Å². The molecule has 6 heteroatoms. The molecule has 1 rings (SSSR count). The molecule has 1 aromatic carbocycles. The van der Waals surface area contributed by atoms with Crippen molar-refractivity contribution in [3.05, 3.63) is 29.3 Å². The van der Waals surface area contributed by atoms with Gasteiger partial charge in [0.1, 0.15) is 0 Å². The van der Waals surface area contributed by atoms with Gasteiger partial charge >= 0.3 is 19.5 Å². The van der Waals surface area contributed by atoms with Gasteiger partial charge in [-0.25, -0.2) is 0 Å². The van der Waals surface area contributed by atoms with Gasteiger partial charge in [-0.2, -0.15) is 5.69 Å². The summed E-state index contributed by atoms with van der Waals surface area (Å²) in [6.07, 6.45) is 31.6. The van der Waals surface area contributed by atoms with E-state index in [1.54, 1.807) is 0 Å². The van der Waals surface area contributed by atoms with Gasteiger partial charge in [-0.1, -0.05) is 154 Å². The van der Waals surface area contributed by atoms with Crippen molar-refractivity contribution in [2.75, 3.05) is 0 Å². The maximum Gasteiger partial charge on any atom is 2.00 e. The molecule has 38 heavy (non-hydrogen) atoms. The van der Waals surface area contributed by atoms with Gasteiger partial charge < -0.3 is 9.79 Å². The Bertz CT molecular complexity index is 711. The van der Waals surface area contributed by atoms with Crippen LogP contribution in [-0.2, 0) is 44.1 Å². The second kappa shape index (κ2) is 26.6. The SMILES string of the molecule is CCCCCCCCCCCCCc1ccc(SP([O-])([O-])=S)c(CCCCCCCCCCCCC)c1.[Zn+2]. The molecule has 0 aliphatic carbocycles. The Kier molecular flexibility index (Phi) is 27.2. The Morgan fingerprint density at radius 1 is 0.579 bits per heavy atom. The van der Waals surface area contributed by atoms with Crippen LogP contribution in [0.1, 0.15) is 166 Å². The summed E-state index contributed by atoms with van der Waals surface area (Å²) in [5, 5.41) is 0. The van der Waals surface area contributed by atoms with Gasteiger partial charge in [0.15, 0.2) is 0 Å². The zero-order valence-corrected chi connectivity index (χ0v) is 30.5. The van der Waals surface area contributed by atoms with Crippen molar-refractivity contribution in [2.24, 2.45) is 0 Å². The van der Waals surface area contributed by atoms with Crippen LogP contribution in [0.15, 0.2) is 23.1 Å². The summed E-state index contributed by atoms with van der Waals surface area (Å²) in [4.78, 5) is 24.4. The minimum atomic E-state index is -3.80. The Labute approximate surface area is 259 Å². The van der Waals surface area contributed by atoms with Crippen molar-refractivity contribution in [1.82, 2.24) is 0 Å². The van der Waals surface area contributed by atoms with E-state index in [0.29, 0.717) is 0 Å². The molecule has 0 N–H and O–H groups in total. The molecule has 216 valence electrons. The van der Waals surface area contributed by atoms with Crippen molar-refractivity contribution in [2.45, 2.75) is 173 Å². The van der Waals surface area contributed by atoms with Crippen molar-refractivity contribution >= 4 is 28.9 Å². The van der Waals surface area contributed by atoms with Crippen LogP contribution in [-0.4, -0.2) is 0 Å². The third-order valence-corrected chi connectivity index (χ3v) is 10.2. The second-order valence-corrected chi connectivity index (χ2v) is 16.7. The van der Waals surface area contributed by atoms with Gasteiger partial charge in [-0.15, -0.1) is 23.2 Å². The summed E-state index contributed by atoms with van der Waals surface area (Å²) >= 11 is 5.59. The molecule has 0 saturated heterocycles. The first-order valence-electron chi connectivity index (χ1n) is 15.8. The van der Waals surface area contributed by atoms with Gasteiger partial charge in [0, 0.05) is 4.90 Å². The Morgan fingerprint density at radius 3 is 1.34 bits per heavy atom. The zero-order valence-electron chi connectivity index (χ0n) is 25.0. The fourth-order valence-corrected chi connectivity index (χ4v) is 7.79. The number of rotatable bonds is 26. The Balaban J connectivity index is 0.0000137. The predicted molar refractivity (Wildman–Crippen MR) is 167 cm³/mol. The first kappa shape index (κ1) is 38.8. The average molecular weight is 634 g/mol. The number of aryl methyl sites for hydroxylation is 2. The van der Waals surface area contributed by atoms with Crippen LogP contribution in [0.25, 0.3) is 0 Å². The van der Waals surface area contributed by atoms with Crippen LogP contribution in [0.5, 0.6) is 0 Å². The van der Waals surface area contributed by atoms with Crippen molar-refractivity contribution in [1.29, 1.82) is 0 Å². The van der Waals surface area contributed by atoms with E-state index in [1.807, 2.05) is 6.07 Å². The fourth-order valence-electron chi connectivity index (χ4n) is 5.17. The largest absolute Gasteiger partial charge is 2.00 e. The van der Waals surface area contributed by atoms with Crippen LogP contribution in [0, 0.1) is 0 Å². The molecule has 0 spiro atoms. The maximum absolute atomic E-state index is 11.8. The fraction of sp³-hybridized carbons (Fsp3) is 0.812. The van der Waals surface area contributed by atoms with E-state index >= 15 is 0 Å².